The second kappa shape index (κ2) is 8.86. The van der Waals surface area contributed by atoms with Crippen molar-refractivity contribution < 1.29 is 9.84 Å². The summed E-state index contributed by atoms with van der Waals surface area (Å²) in [6.45, 7) is 10.3. The topological polar surface area (TPSA) is 44.7 Å². The van der Waals surface area contributed by atoms with Gasteiger partial charge < -0.3 is 20.1 Å². The molecule has 0 saturated carbocycles. The summed E-state index contributed by atoms with van der Waals surface area (Å²) in [5, 5.41) is 13.2. The fourth-order valence-electron chi connectivity index (χ4n) is 1.55. The lowest BCUT2D eigenvalue weighted by atomic mass is 10.0. The van der Waals surface area contributed by atoms with E-state index in [1.165, 1.54) is 0 Å². The van der Waals surface area contributed by atoms with Gasteiger partial charge in [0.15, 0.2) is 0 Å². The van der Waals surface area contributed by atoms with Gasteiger partial charge in [-0.1, -0.05) is 13.8 Å². The molecule has 0 saturated heterocycles. The summed E-state index contributed by atoms with van der Waals surface area (Å²) in [6.07, 6.45) is -0.256. The molecule has 0 rings (SSSR count). The molecule has 2 N–H and O–H groups in total. The zero-order valence-electron chi connectivity index (χ0n) is 12.2. The molecule has 0 aliphatic carbocycles. The van der Waals surface area contributed by atoms with E-state index in [9.17, 15) is 5.11 Å². The van der Waals surface area contributed by atoms with Crippen molar-refractivity contribution in [3.63, 3.8) is 0 Å². The maximum atomic E-state index is 9.76. The van der Waals surface area contributed by atoms with Crippen LogP contribution in [0.3, 0.4) is 0 Å². The van der Waals surface area contributed by atoms with Gasteiger partial charge in [0, 0.05) is 19.1 Å². The minimum Gasteiger partial charge on any atom is -0.389 e. The summed E-state index contributed by atoms with van der Waals surface area (Å²) in [6, 6.07) is 0.402. The van der Waals surface area contributed by atoms with Crippen LogP contribution in [0.5, 0.6) is 0 Å². The maximum Gasteiger partial charge on any atom is 0.0897 e. The lowest BCUT2D eigenvalue weighted by Gasteiger charge is -2.27. The Morgan fingerprint density at radius 2 is 1.76 bits per heavy atom. The van der Waals surface area contributed by atoms with Gasteiger partial charge in [-0.2, -0.15) is 0 Å². The highest BCUT2D eigenvalue weighted by Crippen LogP contribution is 2.03. The molecule has 0 spiro atoms. The van der Waals surface area contributed by atoms with Crippen molar-refractivity contribution in [2.24, 2.45) is 5.92 Å². The molecule has 0 bridgehead atoms. The van der Waals surface area contributed by atoms with Gasteiger partial charge in [0.2, 0.25) is 0 Å². The van der Waals surface area contributed by atoms with Gasteiger partial charge in [0.25, 0.3) is 0 Å². The fourth-order valence-corrected chi connectivity index (χ4v) is 1.55. The zero-order chi connectivity index (χ0) is 13.4. The van der Waals surface area contributed by atoms with Gasteiger partial charge in [-0.3, -0.25) is 0 Å². The molecule has 0 amide bonds. The molecular formula is C13H30N2O2. The van der Waals surface area contributed by atoms with E-state index < -0.39 is 6.10 Å². The number of ether oxygens (including phenoxy) is 1. The summed E-state index contributed by atoms with van der Waals surface area (Å²) in [4.78, 5) is 2.16. The van der Waals surface area contributed by atoms with Crippen LogP contribution in [0.1, 0.15) is 27.7 Å². The zero-order valence-corrected chi connectivity index (χ0v) is 12.2. The third-order valence-corrected chi connectivity index (χ3v) is 2.60. The summed E-state index contributed by atoms with van der Waals surface area (Å²) in [7, 11) is 4.13. The Kier molecular flexibility index (Phi) is 8.78. The smallest absolute Gasteiger partial charge is 0.0897 e. The van der Waals surface area contributed by atoms with Gasteiger partial charge in [0.1, 0.15) is 0 Å². The third kappa shape index (κ3) is 9.53. The van der Waals surface area contributed by atoms with Gasteiger partial charge in [-0.05, 0) is 33.9 Å². The molecule has 0 aliphatic rings. The first-order chi connectivity index (χ1) is 7.82. The van der Waals surface area contributed by atoms with Crippen LogP contribution in [0.4, 0.5) is 0 Å². The minimum absolute atomic E-state index is 0.173. The van der Waals surface area contributed by atoms with Crippen LogP contribution < -0.4 is 5.32 Å². The molecule has 4 heteroatoms. The molecule has 2 unspecified atom stereocenters. The van der Waals surface area contributed by atoms with E-state index in [0.29, 0.717) is 25.1 Å². The number of nitrogens with one attached hydrogen (secondary N) is 1. The second-order valence-corrected chi connectivity index (χ2v) is 5.56. The first-order valence-corrected chi connectivity index (χ1v) is 6.50. The predicted octanol–water partition coefficient (Wildman–Crippen LogP) is 0.948. The first kappa shape index (κ1) is 16.8. The highest BCUT2D eigenvalue weighted by atomic mass is 16.5. The molecule has 17 heavy (non-hydrogen) atoms. The predicted molar refractivity (Wildman–Crippen MR) is 72.3 cm³/mol. The second-order valence-electron chi connectivity index (χ2n) is 5.56. The number of hydrogen-bond donors (Lipinski definition) is 2. The molecule has 4 nitrogen and oxygen atoms in total. The molecule has 0 heterocycles. The number of aliphatic hydroxyl groups excluding tert-OH is 1. The number of aliphatic hydroxyl groups is 1. The van der Waals surface area contributed by atoms with Crippen molar-refractivity contribution in [2.45, 2.75) is 45.9 Å². The summed E-state index contributed by atoms with van der Waals surface area (Å²) in [5.74, 6) is 0.551. The molecule has 0 aromatic heterocycles. The molecule has 0 fully saturated rings. The van der Waals surface area contributed by atoms with Crippen molar-refractivity contribution in [1.82, 2.24) is 10.2 Å². The van der Waals surface area contributed by atoms with Gasteiger partial charge in [-0.15, -0.1) is 0 Å². The van der Waals surface area contributed by atoms with Crippen LogP contribution in [0.2, 0.25) is 0 Å². The Bertz CT molecular complexity index is 184. The van der Waals surface area contributed by atoms with E-state index in [4.69, 9.17) is 4.74 Å². The van der Waals surface area contributed by atoms with Crippen LogP contribution in [0.15, 0.2) is 0 Å². The van der Waals surface area contributed by atoms with Crippen molar-refractivity contribution in [3.05, 3.63) is 0 Å². The molecule has 0 aromatic rings. The van der Waals surface area contributed by atoms with E-state index in [0.717, 1.165) is 6.54 Å². The van der Waals surface area contributed by atoms with Crippen LogP contribution in [0, 0.1) is 5.92 Å². The molecule has 0 aromatic carbocycles. The highest BCUT2D eigenvalue weighted by molar-refractivity contribution is 4.74. The number of nitrogens with zero attached hydrogens (tertiary/aromatic N) is 1. The Balaban J connectivity index is 3.87. The van der Waals surface area contributed by atoms with Crippen LogP contribution in [0.25, 0.3) is 0 Å². The molecule has 0 radical (unpaired) electrons. The number of rotatable bonds is 9. The Morgan fingerprint density at radius 1 is 1.18 bits per heavy atom. The minimum atomic E-state index is -0.430. The van der Waals surface area contributed by atoms with Crippen LogP contribution in [-0.2, 0) is 4.74 Å². The maximum absolute atomic E-state index is 9.76. The molecule has 2 atom stereocenters. The average molecular weight is 246 g/mol. The standard InChI is InChI=1S/C13H30N2O2/c1-10(2)13(8-15(5)6)14-7-12(16)9-17-11(3)4/h10-14,16H,7-9H2,1-6H3. The van der Waals surface area contributed by atoms with Crippen molar-refractivity contribution in [1.29, 1.82) is 0 Å². The number of likely N-dealkylation sites (N-methyl/N-ethyl adjacent to an activating group) is 1. The normalized spacial score (nSPS) is 15.9. The van der Waals surface area contributed by atoms with Crippen LogP contribution >= 0.6 is 0 Å². The van der Waals surface area contributed by atoms with E-state index >= 15 is 0 Å². The van der Waals surface area contributed by atoms with Gasteiger partial charge in [0.05, 0.1) is 18.8 Å². The van der Waals surface area contributed by atoms with Crippen molar-refractivity contribution in [2.75, 3.05) is 33.8 Å². The van der Waals surface area contributed by atoms with Crippen molar-refractivity contribution in [3.8, 4) is 0 Å². The highest BCUT2D eigenvalue weighted by Gasteiger charge is 2.15. The number of hydrogen-bond acceptors (Lipinski definition) is 4. The van der Waals surface area contributed by atoms with E-state index in [1.54, 1.807) is 0 Å². The fraction of sp³-hybridized carbons (Fsp3) is 1.00. The van der Waals surface area contributed by atoms with Crippen LogP contribution in [-0.4, -0.2) is 62.0 Å². The molecule has 104 valence electrons. The van der Waals surface area contributed by atoms with Gasteiger partial charge in [-0.25, -0.2) is 0 Å². The van der Waals surface area contributed by atoms with E-state index in [-0.39, 0.29) is 6.10 Å². The Morgan fingerprint density at radius 3 is 2.18 bits per heavy atom. The lowest BCUT2D eigenvalue weighted by Crippen LogP contribution is -2.45. The summed E-state index contributed by atoms with van der Waals surface area (Å²) < 4.78 is 5.38. The summed E-state index contributed by atoms with van der Waals surface area (Å²) in [5.41, 5.74) is 0. The summed E-state index contributed by atoms with van der Waals surface area (Å²) >= 11 is 0. The van der Waals surface area contributed by atoms with E-state index in [1.807, 2.05) is 13.8 Å². The quantitative estimate of drug-likeness (QED) is 0.636. The largest absolute Gasteiger partial charge is 0.389 e. The Labute approximate surface area is 106 Å². The SMILES string of the molecule is CC(C)OCC(O)CNC(CN(C)C)C(C)C. The Hall–Kier alpha value is -0.160. The lowest BCUT2D eigenvalue weighted by molar-refractivity contribution is 0.00459. The van der Waals surface area contributed by atoms with Gasteiger partial charge >= 0.3 is 0 Å². The average Bonchev–Trinajstić information content (AvgIpc) is 2.20. The molecule has 0 aliphatic heterocycles. The third-order valence-electron chi connectivity index (χ3n) is 2.60. The molecular weight excluding hydrogens is 216 g/mol. The monoisotopic (exact) mass is 246 g/mol. The van der Waals surface area contributed by atoms with E-state index in [2.05, 4.69) is 38.2 Å². The first-order valence-electron chi connectivity index (χ1n) is 6.50. The van der Waals surface area contributed by atoms with Crippen molar-refractivity contribution >= 4 is 0 Å².